The summed E-state index contributed by atoms with van der Waals surface area (Å²) in [6.45, 7) is 2.18. The second kappa shape index (κ2) is 23.0. The van der Waals surface area contributed by atoms with Gasteiger partial charge in [-0.05, 0) is 43.4 Å². The van der Waals surface area contributed by atoms with E-state index in [0.717, 1.165) is 10.9 Å². The van der Waals surface area contributed by atoms with Crippen molar-refractivity contribution < 1.29 is 43.2 Å². The van der Waals surface area contributed by atoms with Crippen LogP contribution >= 0.6 is 0 Å². The molecule has 0 saturated carbocycles. The maximum absolute atomic E-state index is 14.2. The van der Waals surface area contributed by atoms with E-state index >= 15 is 0 Å². The van der Waals surface area contributed by atoms with Crippen LogP contribution in [0.15, 0.2) is 73.3 Å². The molecule has 21 heteroatoms. The third-order valence-corrected chi connectivity index (χ3v) is 10.5. The van der Waals surface area contributed by atoms with Crippen LogP contribution in [0.4, 0.5) is 0 Å². The van der Waals surface area contributed by atoms with Gasteiger partial charge in [0.1, 0.15) is 36.3 Å². The zero-order valence-electron chi connectivity index (χ0n) is 35.5. The number of aromatic nitrogens is 3. The smallest absolute Gasteiger partial charge is 0.243 e. The molecule has 0 bridgehead atoms. The molecule has 2 aromatic carbocycles. The van der Waals surface area contributed by atoms with Crippen LogP contribution < -0.4 is 48.3 Å². The van der Waals surface area contributed by atoms with Crippen LogP contribution in [0, 0.1) is 0 Å². The quantitative estimate of drug-likeness (QED) is 0.0846. The van der Waals surface area contributed by atoms with Crippen molar-refractivity contribution in [2.75, 3.05) is 13.1 Å². The van der Waals surface area contributed by atoms with Crippen LogP contribution in [0.2, 0.25) is 0 Å². The molecule has 21 nitrogen and oxygen atoms in total. The van der Waals surface area contributed by atoms with E-state index in [1.165, 1.54) is 26.4 Å². The number of para-hydroxylation sites is 1. The number of primary amides is 1. The van der Waals surface area contributed by atoms with Gasteiger partial charge in [-0.15, -0.1) is 0 Å². The first kappa shape index (κ1) is 47.5. The van der Waals surface area contributed by atoms with Gasteiger partial charge in [-0.3, -0.25) is 43.2 Å². The van der Waals surface area contributed by atoms with Gasteiger partial charge in [-0.1, -0.05) is 48.5 Å². The number of rotatable bonds is 10. The van der Waals surface area contributed by atoms with Crippen molar-refractivity contribution >= 4 is 64.1 Å². The van der Waals surface area contributed by atoms with Gasteiger partial charge in [0.05, 0.1) is 18.6 Å². The van der Waals surface area contributed by atoms with E-state index in [0.29, 0.717) is 16.8 Å². The fraction of sp³-hybridized carbons (Fsp3) is 0.395. The molecule has 1 aliphatic rings. The largest absolute Gasteiger partial charge is 0.368 e. The summed E-state index contributed by atoms with van der Waals surface area (Å²) in [5, 5.41) is 21.7. The fourth-order valence-electron chi connectivity index (χ4n) is 7.01. The lowest BCUT2D eigenvalue weighted by atomic mass is 10.0. The van der Waals surface area contributed by atoms with Crippen LogP contribution in [0.3, 0.4) is 0 Å². The molecular formula is C43H54N12O9. The number of hydrogen-bond acceptors (Lipinski definition) is 10. The van der Waals surface area contributed by atoms with E-state index in [2.05, 4.69) is 57.5 Å². The number of imidazole rings is 1. The molecule has 3 heterocycles. The highest BCUT2D eigenvalue weighted by molar-refractivity contribution is 5.98. The van der Waals surface area contributed by atoms with Crippen molar-refractivity contribution in [2.24, 2.45) is 5.73 Å². The van der Waals surface area contributed by atoms with Crippen molar-refractivity contribution in [1.29, 1.82) is 0 Å². The zero-order chi connectivity index (χ0) is 46.2. The molecule has 6 atom stereocenters. The van der Waals surface area contributed by atoms with Gasteiger partial charge >= 0.3 is 0 Å². The Balaban J connectivity index is 1.46. The molecule has 9 amide bonds. The Morgan fingerprint density at radius 1 is 0.750 bits per heavy atom. The first-order valence-electron chi connectivity index (χ1n) is 20.8. The summed E-state index contributed by atoms with van der Waals surface area (Å²) in [6, 6.07) is 8.28. The van der Waals surface area contributed by atoms with E-state index in [1.54, 1.807) is 36.5 Å². The van der Waals surface area contributed by atoms with Crippen LogP contribution in [-0.2, 0) is 62.4 Å². The number of amides is 9. The molecule has 64 heavy (non-hydrogen) atoms. The lowest BCUT2D eigenvalue weighted by molar-refractivity contribution is -0.135. The van der Waals surface area contributed by atoms with Gasteiger partial charge in [0.2, 0.25) is 53.2 Å². The number of benzene rings is 2. The summed E-state index contributed by atoms with van der Waals surface area (Å²) in [7, 11) is 0. The standard InChI is InChI=1S/C43H54N12O9/c1-24-39(60)53-34(18-27-20-48-30-12-7-6-11-29(27)30)42(63)52-31(38(44)59)14-15-36(57)46-16-8-13-32(51-37(58)22-47-25(2)56)40(61)55-35(19-28-21-45-23-49-28)43(64)54-33(41(62)50-24)17-26-9-4-3-5-10-26/h3-7,9-12,20-21,23-24,31-35,48H,8,13-19,22H2,1-2H3,(H2,44,59)(H,45,49)(H,46,57)(H,47,56)(H,50,62)(H,51,58)(H,52,63)(H,53,60)(H,54,64)(H,55,61)/t24?,31?,32?,33?,34-,35-/m0/s1. The Kier molecular flexibility index (Phi) is 17.1. The maximum atomic E-state index is 14.2. The highest BCUT2D eigenvalue weighted by Gasteiger charge is 2.33. The molecule has 4 aromatic rings. The molecule has 1 saturated heterocycles. The molecule has 4 unspecified atom stereocenters. The minimum Gasteiger partial charge on any atom is -0.368 e. The van der Waals surface area contributed by atoms with Crippen molar-refractivity contribution in [2.45, 2.75) is 95.0 Å². The number of nitrogens with one attached hydrogen (secondary N) is 10. The topological polar surface area (TPSA) is 320 Å². The third kappa shape index (κ3) is 14.2. The second-order valence-corrected chi connectivity index (χ2v) is 15.5. The molecule has 1 fully saturated rings. The van der Waals surface area contributed by atoms with Crippen LogP contribution in [0.25, 0.3) is 10.9 Å². The SMILES string of the molecule is CC(=O)NCC(=O)NC1CCCNC(=O)CCC(C(N)=O)NC(=O)[C@H](Cc2c[nH]c3ccccc23)NC(=O)C(C)NC(=O)C(Cc2ccccc2)NC(=O)[C@H](Cc2c[nH]cn2)NC1=O. The molecule has 0 spiro atoms. The van der Waals surface area contributed by atoms with Gasteiger partial charge in [0.15, 0.2) is 0 Å². The number of carbonyl (C=O) groups excluding carboxylic acids is 9. The highest BCUT2D eigenvalue weighted by atomic mass is 16.2. The lowest BCUT2D eigenvalue weighted by Crippen LogP contribution is -2.60. The molecule has 5 rings (SSSR count). The monoisotopic (exact) mass is 882 g/mol. The highest BCUT2D eigenvalue weighted by Crippen LogP contribution is 2.19. The fourth-order valence-corrected chi connectivity index (χ4v) is 7.01. The summed E-state index contributed by atoms with van der Waals surface area (Å²) < 4.78 is 0. The molecule has 2 aromatic heterocycles. The van der Waals surface area contributed by atoms with Crippen molar-refractivity contribution in [1.82, 2.24) is 57.5 Å². The lowest BCUT2D eigenvalue weighted by Gasteiger charge is -2.26. The minimum atomic E-state index is -1.35. The Labute approximate surface area is 368 Å². The first-order valence-corrected chi connectivity index (χ1v) is 20.8. The van der Waals surface area contributed by atoms with Crippen LogP contribution in [0.5, 0.6) is 0 Å². The molecule has 0 aliphatic carbocycles. The van der Waals surface area contributed by atoms with Crippen molar-refractivity contribution in [3.8, 4) is 0 Å². The summed E-state index contributed by atoms with van der Waals surface area (Å²) >= 11 is 0. The van der Waals surface area contributed by atoms with Crippen LogP contribution in [-0.4, -0.2) is 117 Å². The normalized spacial score (nSPS) is 22.4. The average molecular weight is 883 g/mol. The second-order valence-electron chi connectivity index (χ2n) is 15.5. The van der Waals surface area contributed by atoms with Crippen molar-refractivity contribution in [3.63, 3.8) is 0 Å². The molecule has 340 valence electrons. The molecule has 0 radical (unpaired) electrons. The van der Waals surface area contributed by atoms with Gasteiger partial charge in [-0.25, -0.2) is 4.98 Å². The molecule has 12 N–H and O–H groups in total. The first-order chi connectivity index (χ1) is 30.7. The number of H-pyrrole nitrogens is 2. The zero-order valence-corrected chi connectivity index (χ0v) is 35.5. The van der Waals surface area contributed by atoms with Gasteiger partial charge < -0.3 is 58.2 Å². The number of nitrogens with zero attached hydrogens (tertiary/aromatic N) is 1. The average Bonchev–Trinajstić information content (AvgIpc) is 3.94. The van der Waals surface area contributed by atoms with Gasteiger partial charge in [0.25, 0.3) is 0 Å². The van der Waals surface area contributed by atoms with E-state index in [1.807, 2.05) is 24.3 Å². The van der Waals surface area contributed by atoms with Crippen LogP contribution in [0.1, 0.15) is 56.4 Å². The summed E-state index contributed by atoms with van der Waals surface area (Å²) in [6.07, 6.45) is 4.03. The minimum absolute atomic E-state index is 0.0160. The Morgan fingerprint density at radius 3 is 2.12 bits per heavy atom. The van der Waals surface area contributed by atoms with E-state index in [4.69, 9.17) is 5.73 Å². The maximum Gasteiger partial charge on any atom is 0.243 e. The summed E-state index contributed by atoms with van der Waals surface area (Å²) in [5.74, 6) is -6.52. The molecule has 1 aliphatic heterocycles. The Morgan fingerprint density at radius 2 is 1.41 bits per heavy atom. The summed E-state index contributed by atoms with van der Waals surface area (Å²) in [4.78, 5) is 130. The van der Waals surface area contributed by atoms with Gasteiger partial charge in [0, 0.05) is 62.4 Å². The van der Waals surface area contributed by atoms with E-state index in [9.17, 15) is 43.2 Å². The Bertz CT molecular complexity index is 2300. The van der Waals surface area contributed by atoms with Crippen molar-refractivity contribution in [3.05, 3.63) is 90.1 Å². The number of hydrogen-bond donors (Lipinski definition) is 11. The predicted octanol–water partition coefficient (Wildman–Crippen LogP) is -1.84. The third-order valence-electron chi connectivity index (χ3n) is 10.5. The number of nitrogens with two attached hydrogens (primary N) is 1. The predicted molar refractivity (Wildman–Crippen MR) is 231 cm³/mol. The van der Waals surface area contributed by atoms with E-state index in [-0.39, 0.29) is 51.5 Å². The van der Waals surface area contributed by atoms with E-state index < -0.39 is 96.0 Å². The Hall–Kier alpha value is -7.58. The summed E-state index contributed by atoms with van der Waals surface area (Å²) in [5.41, 5.74) is 8.14. The van der Waals surface area contributed by atoms with Gasteiger partial charge in [-0.2, -0.15) is 0 Å². The number of aromatic amines is 2. The molecular weight excluding hydrogens is 829 g/mol. The number of carbonyl (C=O) groups is 9. The number of fused-ring (bicyclic) bond motifs is 1.